The molecule has 3 N–H and O–H groups in total. The van der Waals surface area contributed by atoms with Gasteiger partial charge in [0.1, 0.15) is 5.82 Å². The molecular weight excluding hydrogens is 246 g/mol. The van der Waals surface area contributed by atoms with Gasteiger partial charge < -0.3 is 10.3 Å². The Morgan fingerprint density at radius 1 is 1.39 bits per heavy atom. The highest BCUT2D eigenvalue weighted by atomic mass is 32.1. The lowest BCUT2D eigenvalue weighted by Crippen LogP contribution is -2.17. The van der Waals surface area contributed by atoms with Crippen molar-refractivity contribution in [2.45, 2.75) is 19.9 Å². The van der Waals surface area contributed by atoms with E-state index in [1.54, 1.807) is 4.57 Å². The number of aryl methyl sites for hydroxylation is 2. The minimum absolute atomic E-state index is 0.260. The van der Waals surface area contributed by atoms with Crippen LogP contribution in [0.4, 0.5) is 5.82 Å². The van der Waals surface area contributed by atoms with Crippen LogP contribution in [-0.2, 0) is 13.0 Å². The molecule has 2 rings (SSSR count). The van der Waals surface area contributed by atoms with Gasteiger partial charge in [-0.15, -0.1) is 0 Å². The molecule has 18 heavy (non-hydrogen) atoms. The molecule has 1 aromatic heterocycles. The molecule has 5 heteroatoms. The SMILES string of the molecule is Cc1cccc(CCn2c(N)cc(=O)[nH]c2=S)c1. The fourth-order valence-corrected chi connectivity index (χ4v) is 2.17. The molecule has 1 aromatic carbocycles. The molecule has 2 aromatic rings. The Morgan fingerprint density at radius 3 is 2.83 bits per heavy atom. The zero-order chi connectivity index (χ0) is 13.1. The number of nitrogens with one attached hydrogen (secondary N) is 1. The molecule has 0 bridgehead atoms. The molecule has 0 aliphatic heterocycles. The molecule has 4 nitrogen and oxygen atoms in total. The van der Waals surface area contributed by atoms with Crippen LogP contribution in [0.2, 0.25) is 0 Å². The smallest absolute Gasteiger partial charge is 0.253 e. The highest BCUT2D eigenvalue weighted by Crippen LogP contribution is 2.07. The highest BCUT2D eigenvalue weighted by Gasteiger charge is 2.01. The number of H-pyrrole nitrogens is 1. The second-order valence-corrected chi connectivity index (χ2v) is 4.64. The van der Waals surface area contributed by atoms with Gasteiger partial charge in [-0.25, -0.2) is 0 Å². The fourth-order valence-electron chi connectivity index (χ4n) is 1.88. The number of hydrogen-bond acceptors (Lipinski definition) is 3. The largest absolute Gasteiger partial charge is 0.385 e. The van der Waals surface area contributed by atoms with E-state index in [1.165, 1.54) is 17.2 Å². The monoisotopic (exact) mass is 261 g/mol. The van der Waals surface area contributed by atoms with Gasteiger partial charge in [0.2, 0.25) is 0 Å². The molecular formula is C13H15N3OS. The van der Waals surface area contributed by atoms with Crippen LogP contribution in [0.1, 0.15) is 11.1 Å². The Kier molecular flexibility index (Phi) is 3.62. The molecule has 0 saturated carbocycles. The van der Waals surface area contributed by atoms with E-state index in [1.807, 2.05) is 6.07 Å². The first-order valence-corrected chi connectivity index (χ1v) is 6.12. The molecule has 0 saturated heterocycles. The van der Waals surface area contributed by atoms with E-state index in [-0.39, 0.29) is 5.56 Å². The Bertz CT molecular complexity index is 672. The van der Waals surface area contributed by atoms with Crippen LogP contribution in [0.3, 0.4) is 0 Å². The third-order valence-electron chi connectivity index (χ3n) is 2.77. The molecule has 0 atom stereocenters. The van der Waals surface area contributed by atoms with Crippen LogP contribution in [0.25, 0.3) is 0 Å². The quantitative estimate of drug-likeness (QED) is 0.831. The zero-order valence-electron chi connectivity index (χ0n) is 10.1. The molecule has 0 aliphatic rings. The van der Waals surface area contributed by atoms with Gasteiger partial charge in [0, 0.05) is 12.6 Å². The maximum absolute atomic E-state index is 11.2. The second kappa shape index (κ2) is 5.18. The van der Waals surface area contributed by atoms with Gasteiger partial charge in [-0.05, 0) is 31.1 Å². The van der Waals surface area contributed by atoms with Crippen molar-refractivity contribution in [3.63, 3.8) is 0 Å². The van der Waals surface area contributed by atoms with Crippen molar-refractivity contribution in [1.29, 1.82) is 0 Å². The van der Waals surface area contributed by atoms with E-state index in [9.17, 15) is 4.79 Å². The van der Waals surface area contributed by atoms with Gasteiger partial charge in [0.15, 0.2) is 4.77 Å². The second-order valence-electron chi connectivity index (χ2n) is 4.25. The summed E-state index contributed by atoms with van der Waals surface area (Å²) in [4.78, 5) is 13.7. The number of aromatic amines is 1. The fraction of sp³-hybridized carbons (Fsp3) is 0.231. The molecule has 0 amide bonds. The first-order valence-electron chi connectivity index (χ1n) is 5.71. The number of hydrogen-bond donors (Lipinski definition) is 2. The third kappa shape index (κ3) is 2.87. The molecule has 0 fully saturated rings. The lowest BCUT2D eigenvalue weighted by molar-refractivity contribution is 0.672. The Labute approximate surface area is 110 Å². The third-order valence-corrected chi connectivity index (χ3v) is 3.09. The van der Waals surface area contributed by atoms with Crippen molar-refractivity contribution in [2.24, 2.45) is 0 Å². The Hall–Kier alpha value is -1.88. The van der Waals surface area contributed by atoms with Crippen LogP contribution >= 0.6 is 12.2 Å². The van der Waals surface area contributed by atoms with Gasteiger partial charge in [-0.1, -0.05) is 29.8 Å². The van der Waals surface area contributed by atoms with E-state index >= 15 is 0 Å². The molecule has 0 aliphatic carbocycles. The van der Waals surface area contributed by atoms with Gasteiger partial charge in [-0.2, -0.15) is 0 Å². The van der Waals surface area contributed by atoms with Gasteiger partial charge in [-0.3, -0.25) is 9.78 Å². The van der Waals surface area contributed by atoms with Crippen LogP contribution < -0.4 is 11.3 Å². The number of nitrogen functional groups attached to an aromatic ring is 1. The van der Waals surface area contributed by atoms with E-state index in [0.717, 1.165) is 6.42 Å². The molecule has 0 radical (unpaired) electrons. The van der Waals surface area contributed by atoms with E-state index in [0.29, 0.717) is 17.1 Å². The van der Waals surface area contributed by atoms with E-state index in [2.05, 4.69) is 30.1 Å². The summed E-state index contributed by atoms with van der Waals surface area (Å²) in [7, 11) is 0. The average molecular weight is 261 g/mol. The summed E-state index contributed by atoms with van der Waals surface area (Å²) in [6.07, 6.45) is 0.826. The minimum atomic E-state index is -0.260. The normalized spacial score (nSPS) is 10.5. The van der Waals surface area contributed by atoms with Crippen molar-refractivity contribution < 1.29 is 0 Å². The predicted molar refractivity (Wildman–Crippen MR) is 75.2 cm³/mol. The number of anilines is 1. The summed E-state index contributed by atoms with van der Waals surface area (Å²) in [6, 6.07) is 9.64. The minimum Gasteiger partial charge on any atom is -0.385 e. The lowest BCUT2D eigenvalue weighted by atomic mass is 10.1. The topological polar surface area (TPSA) is 63.8 Å². The molecule has 0 spiro atoms. The maximum atomic E-state index is 11.2. The van der Waals surface area contributed by atoms with Gasteiger partial charge >= 0.3 is 0 Å². The number of aromatic nitrogens is 2. The van der Waals surface area contributed by atoms with Crippen molar-refractivity contribution in [2.75, 3.05) is 5.73 Å². The summed E-state index contributed by atoms with van der Waals surface area (Å²) in [5.74, 6) is 0.399. The van der Waals surface area contributed by atoms with Crippen LogP contribution in [-0.4, -0.2) is 9.55 Å². The van der Waals surface area contributed by atoms with Crippen LogP contribution in [0.15, 0.2) is 35.1 Å². The van der Waals surface area contributed by atoms with Crippen LogP contribution in [0, 0.1) is 11.7 Å². The summed E-state index contributed by atoms with van der Waals surface area (Å²) in [6.45, 7) is 2.72. The number of rotatable bonds is 3. The first-order chi connectivity index (χ1) is 8.56. The van der Waals surface area contributed by atoms with Crippen molar-refractivity contribution in [3.05, 3.63) is 56.6 Å². The highest BCUT2D eigenvalue weighted by molar-refractivity contribution is 7.71. The number of nitrogens with two attached hydrogens (primary N) is 1. The van der Waals surface area contributed by atoms with E-state index < -0.39 is 0 Å². The molecule has 0 unspecified atom stereocenters. The predicted octanol–water partition coefficient (Wildman–Crippen LogP) is 2.04. The van der Waals surface area contributed by atoms with Gasteiger partial charge in [0.05, 0.1) is 0 Å². The lowest BCUT2D eigenvalue weighted by Gasteiger charge is -2.10. The molecule has 1 heterocycles. The van der Waals surface area contributed by atoms with E-state index in [4.69, 9.17) is 18.0 Å². The first kappa shape index (κ1) is 12.6. The molecule has 94 valence electrons. The summed E-state index contributed by atoms with van der Waals surface area (Å²) >= 11 is 5.10. The number of benzene rings is 1. The van der Waals surface area contributed by atoms with Crippen molar-refractivity contribution >= 4 is 18.0 Å². The van der Waals surface area contributed by atoms with Gasteiger partial charge in [0.25, 0.3) is 5.56 Å². The maximum Gasteiger partial charge on any atom is 0.253 e. The Balaban J connectivity index is 2.21. The summed E-state index contributed by atoms with van der Waals surface area (Å²) < 4.78 is 2.10. The van der Waals surface area contributed by atoms with Crippen LogP contribution in [0.5, 0.6) is 0 Å². The Morgan fingerprint density at radius 2 is 2.17 bits per heavy atom. The number of nitrogens with zero attached hydrogens (tertiary/aromatic N) is 1. The van der Waals surface area contributed by atoms with Crippen molar-refractivity contribution in [3.8, 4) is 0 Å². The summed E-state index contributed by atoms with van der Waals surface area (Å²) in [5.41, 5.74) is 7.98. The average Bonchev–Trinajstić information content (AvgIpc) is 2.27. The summed E-state index contributed by atoms with van der Waals surface area (Å²) in [5, 5.41) is 0. The standard InChI is InChI=1S/C13H15N3OS/c1-9-3-2-4-10(7-9)5-6-16-11(14)8-12(17)15-13(16)18/h2-4,7-8H,5-6,14H2,1H3,(H,15,17,18). The zero-order valence-corrected chi connectivity index (χ0v) is 11.0. The van der Waals surface area contributed by atoms with Crippen molar-refractivity contribution in [1.82, 2.24) is 9.55 Å².